The van der Waals surface area contributed by atoms with Crippen LogP contribution in [0.5, 0.6) is 5.75 Å². The van der Waals surface area contributed by atoms with E-state index in [2.05, 4.69) is 33.2 Å². The van der Waals surface area contributed by atoms with Crippen LogP contribution < -0.4 is 5.32 Å². The number of nitrogens with one attached hydrogen (secondary N) is 1. The number of aromatic nitrogens is 1. The van der Waals surface area contributed by atoms with Crippen LogP contribution in [0, 0.1) is 0 Å². The Hall–Kier alpha value is -2.83. The molecule has 0 aliphatic rings. The Balaban J connectivity index is 1.67. The highest BCUT2D eigenvalue weighted by Gasteiger charge is 2.16. The summed E-state index contributed by atoms with van der Waals surface area (Å²) in [6.07, 6.45) is 0.892. The second-order valence-electron chi connectivity index (χ2n) is 6.48. The maximum Gasteiger partial charge on any atom is 0.257 e. The molecule has 0 radical (unpaired) electrons. The number of rotatable bonds is 4. The molecule has 0 fully saturated rings. The zero-order valence-electron chi connectivity index (χ0n) is 15.4. The summed E-state index contributed by atoms with van der Waals surface area (Å²) >= 11 is 9.47. The molecular formula is C22H16BrClN2O3. The number of benzene rings is 3. The Morgan fingerprint density at radius 2 is 2.00 bits per heavy atom. The number of carbonyl (C=O) groups excluding carboxylic acids is 1. The van der Waals surface area contributed by atoms with Crippen molar-refractivity contribution in [1.82, 2.24) is 4.98 Å². The molecule has 7 heteroatoms. The molecule has 0 aliphatic heterocycles. The van der Waals surface area contributed by atoms with Gasteiger partial charge in [0.2, 0.25) is 5.89 Å². The molecule has 3 aromatic carbocycles. The van der Waals surface area contributed by atoms with Crippen LogP contribution in [-0.2, 0) is 6.42 Å². The van der Waals surface area contributed by atoms with Gasteiger partial charge in [0, 0.05) is 10.2 Å². The van der Waals surface area contributed by atoms with Crippen molar-refractivity contribution >= 4 is 50.2 Å². The zero-order valence-corrected chi connectivity index (χ0v) is 17.7. The lowest BCUT2D eigenvalue weighted by atomic mass is 10.1. The number of fused-ring (bicyclic) bond motifs is 1. The van der Waals surface area contributed by atoms with E-state index in [4.69, 9.17) is 16.0 Å². The van der Waals surface area contributed by atoms with E-state index in [-0.39, 0.29) is 17.5 Å². The highest BCUT2D eigenvalue weighted by Crippen LogP contribution is 2.34. The predicted octanol–water partition coefficient (Wildman–Crippen LogP) is 6.43. The summed E-state index contributed by atoms with van der Waals surface area (Å²) in [6.45, 7) is 2.07. The van der Waals surface area contributed by atoms with Gasteiger partial charge in [0.1, 0.15) is 11.3 Å². The molecule has 0 bridgehead atoms. The number of phenolic OH excluding ortho intramolecular Hbond substituents is 1. The first-order valence-corrected chi connectivity index (χ1v) is 10.1. The van der Waals surface area contributed by atoms with Crippen molar-refractivity contribution in [3.8, 4) is 17.2 Å². The number of hydrogen-bond donors (Lipinski definition) is 2. The third-order valence-corrected chi connectivity index (χ3v) is 5.34. The Kier molecular flexibility index (Phi) is 5.30. The van der Waals surface area contributed by atoms with Crippen LogP contribution in [0.15, 0.2) is 63.5 Å². The fraction of sp³-hybridized carbons (Fsp3) is 0.0909. The second-order valence-corrected chi connectivity index (χ2v) is 7.81. The molecule has 4 rings (SSSR count). The fourth-order valence-electron chi connectivity index (χ4n) is 2.96. The van der Waals surface area contributed by atoms with Crippen LogP contribution in [0.2, 0.25) is 5.02 Å². The minimum atomic E-state index is -0.363. The smallest absolute Gasteiger partial charge is 0.257 e. The van der Waals surface area contributed by atoms with Gasteiger partial charge in [-0.2, -0.15) is 0 Å². The van der Waals surface area contributed by atoms with Gasteiger partial charge < -0.3 is 14.8 Å². The Morgan fingerprint density at radius 3 is 2.79 bits per heavy atom. The number of aromatic hydroxyl groups is 1. The van der Waals surface area contributed by atoms with Crippen LogP contribution in [0.3, 0.4) is 0 Å². The molecule has 0 atom stereocenters. The lowest BCUT2D eigenvalue weighted by Crippen LogP contribution is -2.12. The van der Waals surface area contributed by atoms with E-state index < -0.39 is 0 Å². The van der Waals surface area contributed by atoms with Gasteiger partial charge >= 0.3 is 0 Å². The first-order chi connectivity index (χ1) is 13.9. The summed E-state index contributed by atoms with van der Waals surface area (Å²) in [5.41, 5.74) is 3.70. The molecule has 0 saturated heterocycles. The number of hydrogen-bond acceptors (Lipinski definition) is 4. The number of aryl methyl sites for hydroxylation is 1. The topological polar surface area (TPSA) is 75.4 Å². The van der Waals surface area contributed by atoms with Crippen molar-refractivity contribution in [3.05, 3.63) is 75.2 Å². The van der Waals surface area contributed by atoms with E-state index in [1.165, 1.54) is 6.07 Å². The summed E-state index contributed by atoms with van der Waals surface area (Å²) in [5, 5.41) is 13.4. The molecule has 1 heterocycles. The number of carbonyl (C=O) groups is 1. The van der Waals surface area contributed by atoms with Crippen LogP contribution >= 0.6 is 27.5 Å². The lowest BCUT2D eigenvalue weighted by Gasteiger charge is -2.09. The number of phenols is 1. The Morgan fingerprint density at radius 1 is 1.17 bits per heavy atom. The van der Waals surface area contributed by atoms with Gasteiger partial charge in [0.15, 0.2) is 5.58 Å². The third kappa shape index (κ3) is 3.99. The van der Waals surface area contributed by atoms with Gasteiger partial charge in [-0.3, -0.25) is 4.79 Å². The molecule has 0 saturated carbocycles. The summed E-state index contributed by atoms with van der Waals surface area (Å²) in [7, 11) is 0. The Labute approximate surface area is 180 Å². The van der Waals surface area contributed by atoms with Crippen molar-refractivity contribution < 1.29 is 14.3 Å². The van der Waals surface area contributed by atoms with Gasteiger partial charge in [0.25, 0.3) is 5.91 Å². The number of amides is 1. The predicted molar refractivity (Wildman–Crippen MR) is 118 cm³/mol. The highest BCUT2D eigenvalue weighted by atomic mass is 79.9. The largest absolute Gasteiger partial charge is 0.507 e. The molecule has 2 N–H and O–H groups in total. The summed E-state index contributed by atoms with van der Waals surface area (Å²) in [6, 6.07) is 15.6. The summed E-state index contributed by atoms with van der Waals surface area (Å²) in [5.74, 6) is -0.0776. The first-order valence-electron chi connectivity index (χ1n) is 8.94. The zero-order chi connectivity index (χ0) is 20.5. The van der Waals surface area contributed by atoms with E-state index in [1.807, 2.05) is 18.2 Å². The molecule has 0 spiro atoms. The number of anilines is 1. The van der Waals surface area contributed by atoms with E-state index in [9.17, 15) is 9.90 Å². The quantitative estimate of drug-likeness (QED) is 0.336. The van der Waals surface area contributed by atoms with E-state index >= 15 is 0 Å². The number of oxazole rings is 1. The van der Waals surface area contributed by atoms with Gasteiger partial charge in [-0.15, -0.1) is 0 Å². The second kappa shape index (κ2) is 7.89. The standard InChI is InChI=1S/C22H16BrClN2O3/c1-2-12-3-8-20-18(9-12)26-22(29-20)16-11-14(5-7-19(16)27)25-21(28)15-10-13(23)4-6-17(15)24/h3-11,27H,2H2,1H3,(H,25,28). The maximum absolute atomic E-state index is 12.6. The van der Waals surface area contributed by atoms with E-state index in [0.29, 0.717) is 32.9 Å². The lowest BCUT2D eigenvalue weighted by molar-refractivity contribution is 0.102. The molecule has 1 amide bonds. The molecule has 4 aromatic rings. The summed E-state index contributed by atoms with van der Waals surface area (Å²) < 4.78 is 6.55. The van der Waals surface area contributed by atoms with Crippen molar-refractivity contribution in [2.24, 2.45) is 0 Å². The monoisotopic (exact) mass is 470 g/mol. The van der Waals surface area contributed by atoms with E-state index in [0.717, 1.165) is 16.5 Å². The van der Waals surface area contributed by atoms with Crippen LogP contribution in [0.4, 0.5) is 5.69 Å². The first kappa shape index (κ1) is 19.5. The molecule has 1 aromatic heterocycles. The van der Waals surface area contributed by atoms with Crippen molar-refractivity contribution in [1.29, 1.82) is 0 Å². The molecule has 29 heavy (non-hydrogen) atoms. The third-order valence-electron chi connectivity index (χ3n) is 4.52. The Bertz CT molecular complexity index is 1240. The molecule has 0 unspecified atom stereocenters. The summed E-state index contributed by atoms with van der Waals surface area (Å²) in [4.78, 5) is 17.1. The van der Waals surface area contributed by atoms with Crippen LogP contribution in [-0.4, -0.2) is 16.0 Å². The minimum Gasteiger partial charge on any atom is -0.507 e. The number of nitrogens with zero attached hydrogens (tertiary/aromatic N) is 1. The highest BCUT2D eigenvalue weighted by molar-refractivity contribution is 9.10. The number of halogens is 2. The van der Waals surface area contributed by atoms with Gasteiger partial charge in [-0.05, 0) is 60.5 Å². The van der Waals surface area contributed by atoms with E-state index in [1.54, 1.807) is 30.3 Å². The normalized spacial score (nSPS) is 11.0. The molecule has 5 nitrogen and oxygen atoms in total. The fourth-order valence-corrected chi connectivity index (χ4v) is 3.53. The van der Waals surface area contributed by atoms with Crippen molar-refractivity contribution in [2.45, 2.75) is 13.3 Å². The van der Waals surface area contributed by atoms with Crippen molar-refractivity contribution in [2.75, 3.05) is 5.32 Å². The van der Waals surface area contributed by atoms with Crippen LogP contribution in [0.1, 0.15) is 22.8 Å². The molecule has 146 valence electrons. The van der Waals surface area contributed by atoms with Crippen LogP contribution in [0.25, 0.3) is 22.6 Å². The molecule has 0 aliphatic carbocycles. The van der Waals surface area contributed by atoms with Gasteiger partial charge in [0.05, 0.1) is 16.1 Å². The van der Waals surface area contributed by atoms with Crippen molar-refractivity contribution in [3.63, 3.8) is 0 Å². The minimum absolute atomic E-state index is 0.00533. The SMILES string of the molecule is CCc1ccc2oc(-c3cc(NC(=O)c4cc(Br)ccc4Cl)ccc3O)nc2c1. The maximum atomic E-state index is 12.6. The van der Waals surface area contributed by atoms with Gasteiger partial charge in [-0.1, -0.05) is 40.5 Å². The average molecular weight is 472 g/mol. The molecular weight excluding hydrogens is 456 g/mol. The van der Waals surface area contributed by atoms with Gasteiger partial charge in [-0.25, -0.2) is 4.98 Å². The average Bonchev–Trinajstić information content (AvgIpc) is 3.14.